The lowest BCUT2D eigenvalue weighted by atomic mass is 10.3. The number of hydrogen-bond acceptors (Lipinski definition) is 7. The van der Waals surface area contributed by atoms with Crippen molar-refractivity contribution in [2.24, 2.45) is 0 Å². The van der Waals surface area contributed by atoms with E-state index in [1.807, 2.05) is 6.92 Å². The highest BCUT2D eigenvalue weighted by Crippen LogP contribution is 2.29. The van der Waals surface area contributed by atoms with Gasteiger partial charge in [-0.3, -0.25) is 14.9 Å². The maximum absolute atomic E-state index is 12.0. The SMILES string of the molecule is CCCONc1cccc(S(=O)(=O)CCO)c1S(=O)(=O)O. The second-order valence-electron chi connectivity index (χ2n) is 4.10. The number of sulfone groups is 1. The van der Waals surface area contributed by atoms with E-state index in [1.54, 1.807) is 0 Å². The van der Waals surface area contributed by atoms with Crippen LogP contribution in [-0.2, 0) is 24.8 Å². The topological polar surface area (TPSA) is 130 Å². The Hall–Kier alpha value is -1.20. The van der Waals surface area contributed by atoms with Gasteiger partial charge in [-0.1, -0.05) is 13.0 Å². The van der Waals surface area contributed by atoms with Crippen LogP contribution in [-0.4, -0.2) is 45.5 Å². The van der Waals surface area contributed by atoms with Crippen LogP contribution in [0.3, 0.4) is 0 Å². The highest BCUT2D eigenvalue weighted by atomic mass is 32.2. The van der Waals surface area contributed by atoms with Gasteiger partial charge in [-0.05, 0) is 18.6 Å². The average molecular weight is 339 g/mol. The van der Waals surface area contributed by atoms with Gasteiger partial charge in [0.1, 0.15) is 4.90 Å². The van der Waals surface area contributed by atoms with Crippen LogP contribution in [0.5, 0.6) is 0 Å². The van der Waals surface area contributed by atoms with E-state index in [2.05, 4.69) is 5.48 Å². The van der Waals surface area contributed by atoms with Gasteiger partial charge in [-0.2, -0.15) is 8.42 Å². The molecule has 8 nitrogen and oxygen atoms in total. The van der Waals surface area contributed by atoms with Crippen LogP contribution in [0.1, 0.15) is 13.3 Å². The van der Waals surface area contributed by atoms with E-state index in [1.165, 1.54) is 12.1 Å². The first kappa shape index (κ1) is 17.9. The van der Waals surface area contributed by atoms with Crippen molar-refractivity contribution in [1.82, 2.24) is 0 Å². The molecule has 10 heteroatoms. The fourth-order valence-electron chi connectivity index (χ4n) is 1.57. The van der Waals surface area contributed by atoms with Gasteiger partial charge < -0.3 is 5.11 Å². The number of aliphatic hydroxyl groups excluding tert-OH is 1. The maximum Gasteiger partial charge on any atom is 0.297 e. The molecular formula is C11H17NO7S2. The monoisotopic (exact) mass is 339 g/mol. The van der Waals surface area contributed by atoms with Crippen molar-refractivity contribution in [3.8, 4) is 0 Å². The molecule has 0 aliphatic rings. The third-order valence-electron chi connectivity index (χ3n) is 2.42. The van der Waals surface area contributed by atoms with Crippen molar-refractivity contribution in [1.29, 1.82) is 0 Å². The molecule has 120 valence electrons. The molecule has 0 aliphatic heterocycles. The Morgan fingerprint density at radius 2 is 1.90 bits per heavy atom. The molecule has 0 heterocycles. The molecule has 0 atom stereocenters. The van der Waals surface area contributed by atoms with Crippen LogP contribution in [0.25, 0.3) is 0 Å². The van der Waals surface area contributed by atoms with Gasteiger partial charge >= 0.3 is 0 Å². The Morgan fingerprint density at radius 1 is 1.24 bits per heavy atom. The van der Waals surface area contributed by atoms with Crippen LogP contribution in [0.2, 0.25) is 0 Å². The second kappa shape index (κ2) is 7.18. The summed E-state index contributed by atoms with van der Waals surface area (Å²) in [5.74, 6) is -0.658. The van der Waals surface area contributed by atoms with Crippen LogP contribution in [0, 0.1) is 0 Å². The summed E-state index contributed by atoms with van der Waals surface area (Å²) in [7, 11) is -8.87. The van der Waals surface area contributed by atoms with Crippen LogP contribution in [0.4, 0.5) is 5.69 Å². The summed E-state index contributed by atoms with van der Waals surface area (Å²) in [5.41, 5.74) is 2.12. The number of rotatable bonds is 8. The minimum Gasteiger partial charge on any atom is -0.395 e. The molecule has 0 radical (unpaired) electrons. The lowest BCUT2D eigenvalue weighted by Gasteiger charge is -2.13. The first-order valence-electron chi connectivity index (χ1n) is 6.06. The summed E-state index contributed by atoms with van der Waals surface area (Å²) in [6, 6.07) is 3.60. The van der Waals surface area contributed by atoms with Crippen molar-refractivity contribution in [2.45, 2.75) is 23.1 Å². The molecule has 21 heavy (non-hydrogen) atoms. The van der Waals surface area contributed by atoms with E-state index in [4.69, 9.17) is 9.94 Å². The minimum absolute atomic E-state index is 0.190. The van der Waals surface area contributed by atoms with Gasteiger partial charge in [0.2, 0.25) is 0 Å². The molecule has 1 aromatic rings. The summed E-state index contributed by atoms with van der Waals surface area (Å²) in [4.78, 5) is 3.57. The van der Waals surface area contributed by atoms with Gasteiger partial charge in [0.15, 0.2) is 9.84 Å². The maximum atomic E-state index is 12.0. The summed E-state index contributed by atoms with van der Waals surface area (Å²) in [6.07, 6.45) is 0.650. The zero-order chi connectivity index (χ0) is 16.1. The molecule has 0 bridgehead atoms. The third-order valence-corrected chi connectivity index (χ3v) is 5.24. The zero-order valence-corrected chi connectivity index (χ0v) is 12.9. The molecule has 0 aliphatic carbocycles. The fourth-order valence-corrected chi connectivity index (χ4v) is 4.11. The van der Waals surface area contributed by atoms with Crippen LogP contribution < -0.4 is 5.48 Å². The number of hydrogen-bond donors (Lipinski definition) is 3. The highest BCUT2D eigenvalue weighted by molar-refractivity contribution is 7.92. The first-order chi connectivity index (χ1) is 9.74. The van der Waals surface area contributed by atoms with E-state index >= 15 is 0 Å². The van der Waals surface area contributed by atoms with E-state index in [9.17, 15) is 21.4 Å². The molecule has 0 unspecified atom stereocenters. The normalized spacial score (nSPS) is 12.3. The molecule has 0 saturated carbocycles. The molecule has 0 amide bonds. The Bertz CT molecular complexity index is 683. The quantitative estimate of drug-likeness (QED) is 0.354. The van der Waals surface area contributed by atoms with E-state index < -0.39 is 42.1 Å². The molecule has 0 aromatic heterocycles. The van der Waals surface area contributed by atoms with E-state index in [0.717, 1.165) is 6.07 Å². The summed E-state index contributed by atoms with van der Waals surface area (Å²) in [5, 5.41) is 8.77. The lowest BCUT2D eigenvalue weighted by Crippen LogP contribution is -2.16. The molecule has 1 rings (SSSR count). The molecular weight excluding hydrogens is 322 g/mol. The Kier molecular flexibility index (Phi) is 6.10. The van der Waals surface area contributed by atoms with Crippen molar-refractivity contribution in [2.75, 3.05) is 24.4 Å². The van der Waals surface area contributed by atoms with Gasteiger partial charge in [-0.25, -0.2) is 8.42 Å². The Labute approximate surface area is 123 Å². The summed E-state index contributed by atoms with van der Waals surface area (Å²) < 4.78 is 56.2. The van der Waals surface area contributed by atoms with Crippen molar-refractivity contribution in [3.05, 3.63) is 18.2 Å². The molecule has 0 spiro atoms. The van der Waals surface area contributed by atoms with Gasteiger partial charge in [0, 0.05) is 0 Å². The largest absolute Gasteiger partial charge is 0.395 e. The minimum atomic E-state index is -4.81. The predicted octanol–water partition coefficient (Wildman–Crippen LogP) is 0.453. The molecule has 0 saturated heterocycles. The number of benzene rings is 1. The second-order valence-corrected chi connectivity index (χ2v) is 7.54. The molecule has 0 fully saturated rings. The highest BCUT2D eigenvalue weighted by Gasteiger charge is 2.28. The first-order valence-corrected chi connectivity index (χ1v) is 9.15. The molecule has 1 aromatic carbocycles. The summed E-state index contributed by atoms with van der Waals surface area (Å²) in [6.45, 7) is 1.42. The lowest BCUT2D eigenvalue weighted by molar-refractivity contribution is 0.193. The van der Waals surface area contributed by atoms with Gasteiger partial charge in [0.25, 0.3) is 10.1 Å². The van der Waals surface area contributed by atoms with Gasteiger partial charge in [-0.15, -0.1) is 0 Å². The predicted molar refractivity (Wildman–Crippen MR) is 75.3 cm³/mol. The number of nitrogens with one attached hydrogen (secondary N) is 1. The van der Waals surface area contributed by atoms with Crippen LogP contribution in [0.15, 0.2) is 28.0 Å². The Balaban J connectivity index is 3.42. The number of anilines is 1. The van der Waals surface area contributed by atoms with Gasteiger partial charge in [0.05, 0.1) is 29.5 Å². The number of aliphatic hydroxyl groups is 1. The van der Waals surface area contributed by atoms with Crippen molar-refractivity contribution in [3.63, 3.8) is 0 Å². The standard InChI is InChI=1S/C11H17NO7S2/c1-2-7-19-12-9-4-3-5-10(11(9)21(16,17)18)20(14,15)8-6-13/h3-5,12-13H,2,6-8H2,1H3,(H,16,17,18). The molecule has 3 N–H and O–H groups in total. The zero-order valence-electron chi connectivity index (χ0n) is 11.3. The van der Waals surface area contributed by atoms with Crippen LogP contribution >= 0.6 is 0 Å². The fraction of sp³-hybridized carbons (Fsp3) is 0.455. The Morgan fingerprint density at radius 3 is 2.43 bits per heavy atom. The van der Waals surface area contributed by atoms with E-state index in [0.29, 0.717) is 6.42 Å². The smallest absolute Gasteiger partial charge is 0.297 e. The average Bonchev–Trinajstić information content (AvgIpc) is 2.37. The third kappa shape index (κ3) is 4.64. The van der Waals surface area contributed by atoms with E-state index in [-0.39, 0.29) is 12.3 Å². The van der Waals surface area contributed by atoms with Crippen molar-refractivity contribution >= 4 is 25.6 Å². The van der Waals surface area contributed by atoms with Crippen molar-refractivity contribution < 1.29 is 31.3 Å². The summed E-state index contributed by atoms with van der Waals surface area (Å²) >= 11 is 0.